The number of aromatic carboxylic acids is 1. The van der Waals surface area contributed by atoms with Crippen molar-refractivity contribution in [1.82, 2.24) is 4.98 Å². The molecule has 7 nitrogen and oxygen atoms in total. The number of hydrogen-bond acceptors (Lipinski definition) is 5. The lowest BCUT2D eigenvalue weighted by Gasteiger charge is -2.06. The van der Waals surface area contributed by atoms with E-state index in [1.165, 1.54) is 0 Å². The van der Waals surface area contributed by atoms with Gasteiger partial charge in [0.25, 0.3) is 0 Å². The van der Waals surface area contributed by atoms with Crippen LogP contribution in [0.4, 0.5) is 11.5 Å². The van der Waals surface area contributed by atoms with E-state index in [2.05, 4.69) is 10.3 Å². The van der Waals surface area contributed by atoms with Crippen molar-refractivity contribution >= 4 is 17.5 Å². The van der Waals surface area contributed by atoms with Gasteiger partial charge >= 0.3 is 11.7 Å². The second-order valence-corrected chi connectivity index (χ2v) is 3.99. The van der Waals surface area contributed by atoms with Gasteiger partial charge in [-0.2, -0.15) is 0 Å². The summed E-state index contributed by atoms with van der Waals surface area (Å²) < 4.78 is 0. The van der Waals surface area contributed by atoms with Gasteiger partial charge in [0.2, 0.25) is 0 Å². The number of carboxylic acid groups (broad SMARTS) is 1. The van der Waals surface area contributed by atoms with E-state index in [1.54, 1.807) is 0 Å². The fourth-order valence-corrected chi connectivity index (χ4v) is 1.65. The van der Waals surface area contributed by atoms with Crippen LogP contribution in [0.3, 0.4) is 0 Å². The van der Waals surface area contributed by atoms with Gasteiger partial charge < -0.3 is 10.4 Å². The Balaban J connectivity index is 2.19. The van der Waals surface area contributed by atoms with E-state index in [0.29, 0.717) is 6.54 Å². The number of hydrogen-bond donors (Lipinski definition) is 2. The number of nitrogens with one attached hydrogen (secondary N) is 1. The van der Waals surface area contributed by atoms with Crippen molar-refractivity contribution in [3.63, 3.8) is 0 Å². The minimum atomic E-state index is -1.36. The van der Waals surface area contributed by atoms with Crippen LogP contribution >= 0.6 is 0 Å². The zero-order valence-corrected chi connectivity index (χ0v) is 10.3. The molecular weight excluding hydrogens is 262 g/mol. The molecule has 0 saturated carbocycles. The van der Waals surface area contributed by atoms with Crippen molar-refractivity contribution in [3.05, 3.63) is 63.8 Å². The molecule has 20 heavy (non-hydrogen) atoms. The number of pyridine rings is 1. The summed E-state index contributed by atoms with van der Waals surface area (Å²) >= 11 is 0. The molecule has 0 atom stereocenters. The monoisotopic (exact) mass is 273 g/mol. The van der Waals surface area contributed by atoms with E-state index < -0.39 is 16.6 Å². The number of benzene rings is 1. The first kappa shape index (κ1) is 13.5. The molecule has 0 aliphatic heterocycles. The molecule has 0 spiro atoms. The second-order valence-electron chi connectivity index (χ2n) is 3.99. The highest BCUT2D eigenvalue weighted by Crippen LogP contribution is 2.20. The standard InChI is InChI=1S/C13H11N3O4/c17-13(18)10-6-12(15-8-11(10)16(19)20)14-7-9-4-2-1-3-5-9/h1-6,8H,7H2,(H,14,15)(H,17,18). The molecule has 1 aromatic heterocycles. The minimum Gasteiger partial charge on any atom is -0.477 e. The molecule has 2 N–H and O–H groups in total. The van der Waals surface area contributed by atoms with E-state index in [0.717, 1.165) is 17.8 Å². The summed E-state index contributed by atoms with van der Waals surface area (Å²) in [5.74, 6) is -1.08. The van der Waals surface area contributed by atoms with Gasteiger partial charge in [0.05, 0.1) is 4.92 Å². The Morgan fingerprint density at radius 2 is 2.05 bits per heavy atom. The van der Waals surface area contributed by atoms with Gasteiger partial charge in [-0.1, -0.05) is 30.3 Å². The lowest BCUT2D eigenvalue weighted by molar-refractivity contribution is -0.385. The van der Waals surface area contributed by atoms with Crippen LogP contribution in [0.15, 0.2) is 42.6 Å². The molecule has 0 aliphatic rings. The van der Waals surface area contributed by atoms with Gasteiger partial charge in [0, 0.05) is 12.6 Å². The van der Waals surface area contributed by atoms with Crippen molar-refractivity contribution in [2.24, 2.45) is 0 Å². The Hall–Kier alpha value is -2.96. The number of nitro groups is 1. The smallest absolute Gasteiger partial charge is 0.342 e. The summed E-state index contributed by atoms with van der Waals surface area (Å²) in [5.41, 5.74) is 0.0767. The Labute approximate surface area is 114 Å². The maximum atomic E-state index is 11.0. The van der Waals surface area contributed by atoms with Gasteiger partial charge in [-0.25, -0.2) is 9.78 Å². The molecule has 1 aromatic carbocycles. The normalized spacial score (nSPS) is 10.0. The molecule has 7 heteroatoms. The SMILES string of the molecule is O=C(O)c1cc(NCc2ccccc2)ncc1[N+](=O)[O-]. The van der Waals surface area contributed by atoms with Crippen LogP contribution < -0.4 is 5.32 Å². The quantitative estimate of drug-likeness (QED) is 0.639. The van der Waals surface area contributed by atoms with Crippen molar-refractivity contribution in [2.75, 3.05) is 5.32 Å². The molecule has 0 amide bonds. The van der Waals surface area contributed by atoms with Gasteiger partial charge in [-0.3, -0.25) is 10.1 Å². The number of rotatable bonds is 5. The number of carbonyl (C=O) groups is 1. The summed E-state index contributed by atoms with van der Waals surface area (Å²) in [4.78, 5) is 24.8. The predicted octanol–water partition coefficient (Wildman–Crippen LogP) is 2.30. The third-order valence-electron chi connectivity index (χ3n) is 2.63. The molecule has 0 unspecified atom stereocenters. The molecule has 1 heterocycles. The van der Waals surface area contributed by atoms with E-state index >= 15 is 0 Å². The van der Waals surface area contributed by atoms with Gasteiger partial charge in [-0.15, -0.1) is 0 Å². The zero-order chi connectivity index (χ0) is 14.5. The highest BCUT2D eigenvalue weighted by Gasteiger charge is 2.20. The molecule has 0 radical (unpaired) electrons. The maximum Gasteiger partial charge on any atom is 0.342 e. The molecule has 0 saturated heterocycles. The topological polar surface area (TPSA) is 105 Å². The Morgan fingerprint density at radius 3 is 2.65 bits per heavy atom. The fourth-order valence-electron chi connectivity index (χ4n) is 1.65. The van der Waals surface area contributed by atoms with Crippen LogP contribution in [-0.4, -0.2) is 21.0 Å². The third kappa shape index (κ3) is 3.08. The molecular formula is C13H11N3O4. The minimum absolute atomic E-state index is 0.275. The average Bonchev–Trinajstić information content (AvgIpc) is 2.45. The van der Waals surface area contributed by atoms with E-state index in [4.69, 9.17) is 5.11 Å². The molecule has 2 rings (SSSR count). The van der Waals surface area contributed by atoms with Gasteiger partial charge in [0.15, 0.2) is 0 Å². The summed E-state index contributed by atoms with van der Waals surface area (Å²) in [5, 5.41) is 22.6. The maximum absolute atomic E-state index is 11.0. The van der Waals surface area contributed by atoms with Gasteiger partial charge in [-0.05, 0) is 5.56 Å². The first-order valence-corrected chi connectivity index (χ1v) is 5.73. The number of carboxylic acids is 1. The summed E-state index contributed by atoms with van der Waals surface area (Å²) in [6, 6.07) is 10.6. The Kier molecular flexibility index (Phi) is 3.90. The van der Waals surface area contributed by atoms with Crippen LogP contribution in [-0.2, 0) is 6.54 Å². The summed E-state index contributed by atoms with van der Waals surface area (Å²) in [7, 11) is 0. The van der Waals surface area contributed by atoms with E-state index in [-0.39, 0.29) is 11.4 Å². The molecule has 0 fully saturated rings. The van der Waals surface area contributed by atoms with Crippen molar-refractivity contribution in [3.8, 4) is 0 Å². The number of anilines is 1. The lowest BCUT2D eigenvalue weighted by Crippen LogP contribution is -2.07. The second kappa shape index (κ2) is 5.79. The lowest BCUT2D eigenvalue weighted by atomic mass is 10.2. The molecule has 0 bridgehead atoms. The van der Waals surface area contributed by atoms with Crippen molar-refractivity contribution in [1.29, 1.82) is 0 Å². The molecule has 102 valence electrons. The van der Waals surface area contributed by atoms with Crippen LogP contribution in [0.1, 0.15) is 15.9 Å². The molecule has 2 aromatic rings. The first-order chi connectivity index (χ1) is 9.58. The first-order valence-electron chi connectivity index (χ1n) is 5.73. The zero-order valence-electron chi connectivity index (χ0n) is 10.3. The van der Waals surface area contributed by atoms with Crippen LogP contribution in [0, 0.1) is 10.1 Å². The fraction of sp³-hybridized carbons (Fsp3) is 0.0769. The van der Waals surface area contributed by atoms with Gasteiger partial charge in [0.1, 0.15) is 17.6 Å². The largest absolute Gasteiger partial charge is 0.477 e. The highest BCUT2D eigenvalue weighted by atomic mass is 16.6. The van der Waals surface area contributed by atoms with Crippen LogP contribution in [0.2, 0.25) is 0 Å². The number of aromatic nitrogens is 1. The average molecular weight is 273 g/mol. The van der Waals surface area contributed by atoms with E-state index in [1.807, 2.05) is 30.3 Å². The van der Waals surface area contributed by atoms with E-state index in [9.17, 15) is 14.9 Å². The number of nitrogens with zero attached hydrogens (tertiary/aromatic N) is 2. The summed E-state index contributed by atoms with van der Waals surface area (Å²) in [6.07, 6.45) is 0.941. The highest BCUT2D eigenvalue weighted by molar-refractivity contribution is 5.93. The van der Waals surface area contributed by atoms with Crippen LogP contribution in [0.25, 0.3) is 0 Å². The summed E-state index contributed by atoms with van der Waals surface area (Å²) in [6.45, 7) is 0.449. The Bertz CT molecular complexity index is 643. The molecule has 0 aliphatic carbocycles. The van der Waals surface area contributed by atoms with Crippen molar-refractivity contribution < 1.29 is 14.8 Å². The Morgan fingerprint density at radius 1 is 1.35 bits per heavy atom. The third-order valence-corrected chi connectivity index (χ3v) is 2.63. The predicted molar refractivity (Wildman–Crippen MR) is 71.6 cm³/mol. The van der Waals surface area contributed by atoms with Crippen molar-refractivity contribution in [2.45, 2.75) is 6.54 Å². The van der Waals surface area contributed by atoms with Crippen LogP contribution in [0.5, 0.6) is 0 Å².